The molecule has 0 aliphatic heterocycles. The van der Waals surface area contributed by atoms with Gasteiger partial charge in [0, 0.05) is 17.5 Å². The number of rotatable bonds is 7. The predicted molar refractivity (Wildman–Crippen MR) is 107 cm³/mol. The molecule has 0 bridgehead atoms. The third-order valence-electron chi connectivity index (χ3n) is 4.29. The van der Waals surface area contributed by atoms with Crippen LogP contribution >= 0.6 is 11.8 Å². The fourth-order valence-electron chi connectivity index (χ4n) is 3.08. The van der Waals surface area contributed by atoms with Crippen LogP contribution in [-0.4, -0.2) is 17.9 Å². The Hall–Kier alpha value is -2.00. The Balaban J connectivity index is 1.79. The van der Waals surface area contributed by atoms with Crippen molar-refractivity contribution in [3.05, 3.63) is 54.6 Å². The summed E-state index contributed by atoms with van der Waals surface area (Å²) in [7, 11) is 0. The summed E-state index contributed by atoms with van der Waals surface area (Å²) in [5.41, 5.74) is 0.915. The van der Waals surface area contributed by atoms with E-state index in [1.165, 1.54) is 22.9 Å². The molecule has 0 fully saturated rings. The molecule has 0 aliphatic rings. The first-order valence-electron chi connectivity index (χ1n) is 8.49. The van der Waals surface area contributed by atoms with Gasteiger partial charge < -0.3 is 5.32 Å². The molecule has 0 aromatic heterocycles. The Morgan fingerprint density at radius 3 is 2.42 bits per heavy atom. The topological polar surface area (TPSA) is 29.1 Å². The molecule has 0 spiro atoms. The lowest BCUT2D eigenvalue weighted by Crippen LogP contribution is -2.11. The SMILES string of the molecule is CSCCCCCC(=O)Nc1cc2ccccc2c2ccccc12. The summed E-state index contributed by atoms with van der Waals surface area (Å²) in [6.07, 6.45) is 5.98. The van der Waals surface area contributed by atoms with Gasteiger partial charge in [-0.1, -0.05) is 55.0 Å². The van der Waals surface area contributed by atoms with Gasteiger partial charge >= 0.3 is 0 Å². The van der Waals surface area contributed by atoms with Gasteiger partial charge in [0.05, 0.1) is 0 Å². The molecule has 0 unspecified atom stereocenters. The van der Waals surface area contributed by atoms with E-state index >= 15 is 0 Å². The molecule has 3 rings (SSSR count). The molecule has 1 amide bonds. The van der Waals surface area contributed by atoms with Gasteiger partial charge in [-0.15, -0.1) is 0 Å². The molecular weight excluding hydrogens is 314 g/mol. The number of anilines is 1. The second-order valence-corrected chi connectivity index (χ2v) is 7.03. The summed E-state index contributed by atoms with van der Waals surface area (Å²) in [5.74, 6) is 1.29. The minimum atomic E-state index is 0.111. The Labute approximate surface area is 147 Å². The normalized spacial score (nSPS) is 11.0. The van der Waals surface area contributed by atoms with Crippen LogP contribution in [-0.2, 0) is 4.79 Å². The van der Waals surface area contributed by atoms with E-state index < -0.39 is 0 Å². The second kappa shape index (κ2) is 8.20. The highest BCUT2D eigenvalue weighted by Crippen LogP contribution is 2.31. The molecular formula is C21H23NOS. The van der Waals surface area contributed by atoms with E-state index in [9.17, 15) is 4.79 Å². The van der Waals surface area contributed by atoms with Crippen LogP contribution in [0.5, 0.6) is 0 Å². The number of amides is 1. The number of thioether (sulfide) groups is 1. The summed E-state index contributed by atoms with van der Waals surface area (Å²) >= 11 is 1.87. The fraction of sp³-hybridized carbons (Fsp3) is 0.286. The highest BCUT2D eigenvalue weighted by atomic mass is 32.2. The van der Waals surface area contributed by atoms with Crippen LogP contribution in [0.25, 0.3) is 21.5 Å². The maximum atomic E-state index is 12.3. The number of nitrogens with one attached hydrogen (secondary N) is 1. The minimum Gasteiger partial charge on any atom is -0.325 e. The van der Waals surface area contributed by atoms with Crippen LogP contribution in [0, 0.1) is 0 Å². The van der Waals surface area contributed by atoms with Gasteiger partial charge in [0.15, 0.2) is 0 Å². The highest BCUT2D eigenvalue weighted by Gasteiger charge is 2.09. The molecule has 124 valence electrons. The first kappa shape index (κ1) is 16.8. The lowest BCUT2D eigenvalue weighted by Gasteiger charge is -2.12. The highest BCUT2D eigenvalue weighted by molar-refractivity contribution is 7.98. The maximum absolute atomic E-state index is 12.3. The Kier molecular flexibility index (Phi) is 5.76. The Morgan fingerprint density at radius 1 is 0.917 bits per heavy atom. The van der Waals surface area contributed by atoms with E-state index in [0.29, 0.717) is 6.42 Å². The van der Waals surface area contributed by atoms with Gasteiger partial charge in [-0.3, -0.25) is 4.79 Å². The summed E-state index contributed by atoms with van der Waals surface area (Å²) in [4.78, 5) is 12.3. The molecule has 0 aliphatic carbocycles. The van der Waals surface area contributed by atoms with Crippen molar-refractivity contribution in [3.8, 4) is 0 Å². The molecule has 0 radical (unpaired) electrons. The molecule has 0 atom stereocenters. The Morgan fingerprint density at radius 2 is 1.62 bits per heavy atom. The zero-order chi connectivity index (χ0) is 16.8. The number of carbonyl (C=O) groups excluding carboxylic acids is 1. The summed E-state index contributed by atoms with van der Waals surface area (Å²) in [6, 6.07) is 18.7. The summed E-state index contributed by atoms with van der Waals surface area (Å²) in [5, 5.41) is 7.80. The Bertz CT molecular complexity index is 843. The van der Waals surface area contributed by atoms with Gasteiger partial charge in [-0.2, -0.15) is 11.8 Å². The molecule has 1 N–H and O–H groups in total. The largest absolute Gasteiger partial charge is 0.325 e. The smallest absolute Gasteiger partial charge is 0.224 e. The minimum absolute atomic E-state index is 0.111. The zero-order valence-corrected chi connectivity index (χ0v) is 14.9. The van der Waals surface area contributed by atoms with E-state index in [-0.39, 0.29) is 5.91 Å². The summed E-state index contributed by atoms with van der Waals surface area (Å²) < 4.78 is 0. The second-order valence-electron chi connectivity index (χ2n) is 6.04. The quantitative estimate of drug-likeness (QED) is 0.432. The molecule has 2 nitrogen and oxygen atoms in total. The lowest BCUT2D eigenvalue weighted by molar-refractivity contribution is -0.116. The van der Waals surface area contributed by atoms with Crippen molar-refractivity contribution in [2.24, 2.45) is 0 Å². The molecule has 0 saturated heterocycles. The van der Waals surface area contributed by atoms with Gasteiger partial charge in [-0.25, -0.2) is 0 Å². The molecule has 3 aromatic rings. The van der Waals surface area contributed by atoms with Crippen molar-refractivity contribution in [2.45, 2.75) is 25.7 Å². The third kappa shape index (κ3) is 3.90. The van der Waals surface area contributed by atoms with Crippen LogP contribution in [0.3, 0.4) is 0 Å². The number of carbonyl (C=O) groups is 1. The average Bonchev–Trinajstić information content (AvgIpc) is 2.62. The van der Waals surface area contributed by atoms with Crippen molar-refractivity contribution >= 4 is 44.9 Å². The van der Waals surface area contributed by atoms with Crippen molar-refractivity contribution in [2.75, 3.05) is 17.3 Å². The van der Waals surface area contributed by atoms with Crippen LogP contribution in [0.4, 0.5) is 5.69 Å². The van der Waals surface area contributed by atoms with Gasteiger partial charge in [0.1, 0.15) is 0 Å². The number of hydrogen-bond acceptors (Lipinski definition) is 2. The van der Waals surface area contributed by atoms with Crippen molar-refractivity contribution in [1.29, 1.82) is 0 Å². The summed E-state index contributed by atoms with van der Waals surface area (Å²) in [6.45, 7) is 0. The number of unbranched alkanes of at least 4 members (excludes halogenated alkanes) is 2. The number of hydrogen-bond donors (Lipinski definition) is 1. The molecule has 0 saturated carbocycles. The van der Waals surface area contributed by atoms with Crippen LogP contribution in [0.1, 0.15) is 25.7 Å². The van der Waals surface area contributed by atoms with Gasteiger partial charge in [0.25, 0.3) is 0 Å². The van der Waals surface area contributed by atoms with E-state index in [0.717, 1.165) is 29.3 Å². The number of fused-ring (bicyclic) bond motifs is 3. The van der Waals surface area contributed by atoms with E-state index in [2.05, 4.69) is 48.0 Å². The van der Waals surface area contributed by atoms with E-state index in [1.54, 1.807) is 0 Å². The predicted octanol–water partition coefficient (Wildman–Crippen LogP) is 5.85. The lowest BCUT2D eigenvalue weighted by atomic mass is 10.00. The van der Waals surface area contributed by atoms with Crippen LogP contribution < -0.4 is 5.32 Å². The molecule has 3 heteroatoms. The maximum Gasteiger partial charge on any atom is 0.224 e. The zero-order valence-electron chi connectivity index (χ0n) is 14.0. The van der Waals surface area contributed by atoms with Crippen molar-refractivity contribution < 1.29 is 4.79 Å². The van der Waals surface area contributed by atoms with Crippen LogP contribution in [0.15, 0.2) is 54.6 Å². The third-order valence-corrected chi connectivity index (χ3v) is 4.99. The first-order valence-corrected chi connectivity index (χ1v) is 9.88. The standard InChI is InChI=1S/C21H23NOS/c1-24-14-8-2-3-13-21(23)22-20-15-16-9-4-5-10-17(16)18-11-6-7-12-19(18)20/h4-7,9-12,15H,2-3,8,13-14H2,1H3,(H,22,23). The van der Waals surface area contributed by atoms with E-state index in [4.69, 9.17) is 0 Å². The molecule has 0 heterocycles. The monoisotopic (exact) mass is 337 g/mol. The van der Waals surface area contributed by atoms with Gasteiger partial charge in [0.2, 0.25) is 5.91 Å². The van der Waals surface area contributed by atoms with Gasteiger partial charge in [-0.05, 0) is 47.1 Å². The fourth-order valence-corrected chi connectivity index (χ4v) is 3.57. The molecule has 3 aromatic carbocycles. The average molecular weight is 337 g/mol. The number of benzene rings is 3. The van der Waals surface area contributed by atoms with E-state index in [1.807, 2.05) is 30.0 Å². The molecule has 24 heavy (non-hydrogen) atoms. The van der Waals surface area contributed by atoms with Crippen molar-refractivity contribution in [3.63, 3.8) is 0 Å². The van der Waals surface area contributed by atoms with Crippen molar-refractivity contribution in [1.82, 2.24) is 0 Å². The van der Waals surface area contributed by atoms with Crippen LogP contribution in [0.2, 0.25) is 0 Å². The first-order chi connectivity index (χ1) is 11.8.